The Bertz CT molecular complexity index is 421. The van der Waals surface area contributed by atoms with Crippen LogP contribution >= 0.6 is 0 Å². The molecule has 0 aromatic heterocycles. The lowest BCUT2D eigenvalue weighted by Crippen LogP contribution is -2.44. The summed E-state index contributed by atoms with van der Waals surface area (Å²) in [6.45, 7) is 9.77. The number of hydrogen-bond acceptors (Lipinski definition) is 7. The van der Waals surface area contributed by atoms with E-state index in [-0.39, 0.29) is 13.3 Å². The minimum atomic E-state index is -0.865. The summed E-state index contributed by atoms with van der Waals surface area (Å²) in [6.07, 6.45) is 0.856. The van der Waals surface area contributed by atoms with Gasteiger partial charge in [-0.2, -0.15) is 0 Å². The van der Waals surface area contributed by atoms with Gasteiger partial charge in [0.25, 0.3) is 6.47 Å². The van der Waals surface area contributed by atoms with E-state index in [0.717, 1.165) is 6.41 Å². The van der Waals surface area contributed by atoms with Gasteiger partial charge in [0.2, 0.25) is 6.41 Å². The Morgan fingerprint density at radius 3 is 2.12 bits per heavy atom. The summed E-state index contributed by atoms with van der Waals surface area (Å²) >= 11 is 0. The van der Waals surface area contributed by atoms with Crippen molar-refractivity contribution in [3.63, 3.8) is 0 Å². The lowest BCUT2D eigenvalue weighted by molar-refractivity contribution is -0.138. The molecule has 1 N–H and O–H groups in total. The maximum atomic E-state index is 11.3. The molecular formula is C16H30N4O5. The summed E-state index contributed by atoms with van der Waals surface area (Å²) in [6, 6.07) is 0. The molecule has 1 amide bonds. The van der Waals surface area contributed by atoms with Crippen LogP contribution in [0.4, 0.5) is 0 Å². The van der Waals surface area contributed by atoms with Crippen LogP contribution in [-0.2, 0) is 19.1 Å². The van der Waals surface area contributed by atoms with E-state index in [1.54, 1.807) is 4.90 Å². The van der Waals surface area contributed by atoms with Gasteiger partial charge in [0, 0.05) is 45.8 Å². The zero-order valence-corrected chi connectivity index (χ0v) is 15.2. The Labute approximate surface area is 149 Å². The number of carbonyl (C=O) groups excluding carboxylic acids is 2. The van der Waals surface area contributed by atoms with Gasteiger partial charge >= 0.3 is 5.97 Å². The van der Waals surface area contributed by atoms with Crippen molar-refractivity contribution in [2.45, 2.75) is 13.8 Å². The summed E-state index contributed by atoms with van der Waals surface area (Å²) in [5.74, 6) is -0.487. The van der Waals surface area contributed by atoms with Crippen LogP contribution in [0.2, 0.25) is 0 Å². The fourth-order valence-corrected chi connectivity index (χ4v) is 2.80. The highest BCUT2D eigenvalue weighted by Gasteiger charge is 2.19. The van der Waals surface area contributed by atoms with Crippen LogP contribution in [0.25, 0.3) is 0 Å². The Balaban J connectivity index is 2.70. The Hall–Kier alpha value is -1.71. The normalized spacial score (nSPS) is 18.2. The van der Waals surface area contributed by atoms with Crippen LogP contribution in [0, 0.1) is 5.92 Å². The summed E-state index contributed by atoms with van der Waals surface area (Å²) in [5.41, 5.74) is 0. The number of carboxylic acid groups (broad SMARTS) is 1. The molecule has 0 spiro atoms. The van der Waals surface area contributed by atoms with E-state index in [1.165, 1.54) is 0 Å². The van der Waals surface area contributed by atoms with Crippen LogP contribution < -0.4 is 0 Å². The van der Waals surface area contributed by atoms with Crippen molar-refractivity contribution < 1.29 is 24.2 Å². The standard InChI is InChI=1S/C16H30N4O5/c1-15(2)9-20(12-21)11-18-5-3-17(10-16(23)24)4-7-19(8-6-18)13-25-14-22/h12,14-15H,3-11,13H2,1-2H3,(H,23,24). The topological polar surface area (TPSA) is 93.6 Å². The first-order chi connectivity index (χ1) is 11.9. The first-order valence-electron chi connectivity index (χ1n) is 8.58. The first kappa shape index (κ1) is 21.3. The van der Waals surface area contributed by atoms with Gasteiger partial charge in [-0.25, -0.2) is 0 Å². The molecule has 0 atom stereocenters. The van der Waals surface area contributed by atoms with E-state index >= 15 is 0 Å². The number of amides is 1. The summed E-state index contributed by atoms with van der Waals surface area (Å²) in [7, 11) is 0. The van der Waals surface area contributed by atoms with E-state index in [9.17, 15) is 14.4 Å². The highest BCUT2D eigenvalue weighted by atomic mass is 16.5. The van der Waals surface area contributed by atoms with Crippen molar-refractivity contribution >= 4 is 18.9 Å². The fourth-order valence-electron chi connectivity index (χ4n) is 2.80. The third kappa shape index (κ3) is 9.37. The molecule has 1 aliphatic rings. The Morgan fingerprint density at radius 1 is 1.08 bits per heavy atom. The largest absolute Gasteiger partial charge is 0.480 e. The molecule has 0 radical (unpaired) electrons. The molecule has 144 valence electrons. The van der Waals surface area contributed by atoms with Gasteiger partial charge in [0.15, 0.2) is 0 Å². The van der Waals surface area contributed by atoms with Gasteiger partial charge < -0.3 is 14.7 Å². The number of rotatable bonds is 10. The average Bonchev–Trinajstić information content (AvgIpc) is 2.63. The Morgan fingerprint density at radius 2 is 1.64 bits per heavy atom. The minimum Gasteiger partial charge on any atom is -0.480 e. The second-order valence-electron chi connectivity index (χ2n) is 6.71. The second kappa shape index (κ2) is 11.8. The number of aliphatic carboxylic acids is 1. The second-order valence-corrected chi connectivity index (χ2v) is 6.71. The van der Waals surface area contributed by atoms with E-state index in [1.807, 2.05) is 9.80 Å². The lowest BCUT2D eigenvalue weighted by Gasteiger charge is -2.30. The van der Waals surface area contributed by atoms with Crippen molar-refractivity contribution in [1.29, 1.82) is 0 Å². The zero-order chi connectivity index (χ0) is 18.7. The van der Waals surface area contributed by atoms with E-state index < -0.39 is 5.97 Å². The number of hydrogen-bond donors (Lipinski definition) is 1. The smallest absolute Gasteiger partial charge is 0.317 e. The van der Waals surface area contributed by atoms with Gasteiger partial charge in [-0.05, 0) is 5.92 Å². The molecule has 1 heterocycles. The maximum absolute atomic E-state index is 11.3. The highest BCUT2D eigenvalue weighted by Crippen LogP contribution is 2.04. The van der Waals surface area contributed by atoms with Gasteiger partial charge in [-0.15, -0.1) is 0 Å². The molecule has 0 aliphatic carbocycles. The third-order valence-electron chi connectivity index (χ3n) is 4.01. The number of carbonyl (C=O) groups is 3. The Kier molecular flexibility index (Phi) is 10.0. The molecule has 25 heavy (non-hydrogen) atoms. The number of ether oxygens (including phenoxy) is 1. The van der Waals surface area contributed by atoms with Crippen molar-refractivity contribution in [1.82, 2.24) is 19.6 Å². The fraction of sp³-hybridized carbons (Fsp3) is 0.812. The van der Waals surface area contributed by atoms with Crippen LogP contribution in [0.3, 0.4) is 0 Å². The van der Waals surface area contributed by atoms with Gasteiger partial charge in [0.05, 0.1) is 13.2 Å². The molecule has 1 rings (SSSR count). The molecular weight excluding hydrogens is 328 g/mol. The summed E-state index contributed by atoms with van der Waals surface area (Å²) in [5, 5.41) is 9.06. The van der Waals surface area contributed by atoms with Crippen LogP contribution in [0.1, 0.15) is 13.8 Å². The quantitative estimate of drug-likeness (QED) is 0.507. The van der Waals surface area contributed by atoms with Crippen molar-refractivity contribution in [3.8, 4) is 0 Å². The van der Waals surface area contributed by atoms with Crippen LogP contribution in [0.15, 0.2) is 0 Å². The minimum absolute atomic E-state index is 0.0282. The number of nitrogens with zero attached hydrogens (tertiary/aromatic N) is 4. The third-order valence-corrected chi connectivity index (χ3v) is 4.01. The summed E-state index contributed by atoms with van der Waals surface area (Å²) in [4.78, 5) is 40.5. The molecule has 0 aromatic carbocycles. The van der Waals surface area contributed by atoms with E-state index in [0.29, 0.717) is 64.9 Å². The van der Waals surface area contributed by atoms with Crippen molar-refractivity contribution in [2.24, 2.45) is 5.92 Å². The van der Waals surface area contributed by atoms with E-state index in [2.05, 4.69) is 18.7 Å². The maximum Gasteiger partial charge on any atom is 0.317 e. The summed E-state index contributed by atoms with van der Waals surface area (Å²) < 4.78 is 4.84. The predicted molar refractivity (Wildman–Crippen MR) is 91.7 cm³/mol. The molecule has 9 nitrogen and oxygen atoms in total. The van der Waals surface area contributed by atoms with Gasteiger partial charge in [-0.1, -0.05) is 13.8 Å². The molecule has 1 saturated heterocycles. The van der Waals surface area contributed by atoms with Crippen LogP contribution in [-0.4, -0.2) is 109 Å². The average molecular weight is 358 g/mol. The zero-order valence-electron chi connectivity index (χ0n) is 15.2. The predicted octanol–water partition coefficient (Wildman–Crippen LogP) is -0.807. The van der Waals surface area contributed by atoms with Crippen molar-refractivity contribution in [2.75, 3.05) is 65.8 Å². The first-order valence-corrected chi connectivity index (χ1v) is 8.58. The molecule has 9 heteroatoms. The van der Waals surface area contributed by atoms with E-state index in [4.69, 9.17) is 9.84 Å². The monoisotopic (exact) mass is 358 g/mol. The molecule has 0 aromatic rings. The molecule has 0 bridgehead atoms. The van der Waals surface area contributed by atoms with Gasteiger partial charge in [0.1, 0.15) is 6.73 Å². The molecule has 1 fully saturated rings. The van der Waals surface area contributed by atoms with Crippen LogP contribution in [0.5, 0.6) is 0 Å². The highest BCUT2D eigenvalue weighted by molar-refractivity contribution is 5.69. The molecule has 1 aliphatic heterocycles. The number of carboxylic acids is 1. The van der Waals surface area contributed by atoms with Gasteiger partial charge in [-0.3, -0.25) is 29.1 Å². The molecule has 0 unspecified atom stereocenters. The van der Waals surface area contributed by atoms with Crippen molar-refractivity contribution in [3.05, 3.63) is 0 Å². The SMILES string of the molecule is CC(C)CN(C=O)CN1CCN(COC=O)CCN(CC(=O)O)CC1. The molecule has 0 saturated carbocycles. The lowest BCUT2D eigenvalue weighted by atomic mass is 10.2.